The summed E-state index contributed by atoms with van der Waals surface area (Å²) in [7, 11) is 0. The van der Waals surface area contributed by atoms with Gasteiger partial charge >= 0.3 is 0 Å². The molecule has 5 heteroatoms. The van der Waals surface area contributed by atoms with Crippen molar-refractivity contribution >= 4 is 27.2 Å². The molecule has 3 aromatic rings. The number of anilines is 1. The predicted molar refractivity (Wildman–Crippen MR) is 73.7 cm³/mol. The van der Waals surface area contributed by atoms with Gasteiger partial charge in [0, 0.05) is 21.5 Å². The van der Waals surface area contributed by atoms with Crippen LogP contribution in [0.25, 0.3) is 21.5 Å². The number of hydrogen-bond acceptors (Lipinski definition) is 3. The highest BCUT2D eigenvalue weighted by Crippen LogP contribution is 2.40. The third-order valence-corrected chi connectivity index (χ3v) is 3.11. The summed E-state index contributed by atoms with van der Waals surface area (Å²) in [6.45, 7) is 0. The first-order valence-electron chi connectivity index (χ1n) is 5.72. The van der Waals surface area contributed by atoms with Crippen molar-refractivity contribution in [3.63, 3.8) is 0 Å². The van der Waals surface area contributed by atoms with E-state index in [2.05, 4.69) is 5.43 Å². The molecule has 19 heavy (non-hydrogen) atoms. The Kier molecular flexibility index (Phi) is 2.45. The van der Waals surface area contributed by atoms with Crippen molar-refractivity contribution in [3.05, 3.63) is 58.6 Å². The van der Waals surface area contributed by atoms with Crippen LogP contribution in [0.2, 0.25) is 0 Å². The topological polar surface area (TPSA) is 75.4 Å². The van der Waals surface area contributed by atoms with Gasteiger partial charge in [0.1, 0.15) is 11.4 Å². The van der Waals surface area contributed by atoms with Crippen LogP contribution < -0.4 is 5.43 Å². The minimum atomic E-state index is -0.592. The van der Waals surface area contributed by atoms with Gasteiger partial charge in [0.05, 0.1) is 0 Å². The van der Waals surface area contributed by atoms with E-state index in [0.29, 0.717) is 27.2 Å². The molecule has 0 radical (unpaired) electrons. The monoisotopic (exact) mass is 254 g/mol. The molecule has 0 aliphatic rings. The largest absolute Gasteiger partial charge is 0.507 e. The van der Waals surface area contributed by atoms with E-state index >= 15 is 0 Å². The van der Waals surface area contributed by atoms with Gasteiger partial charge in [-0.3, -0.25) is 0 Å². The van der Waals surface area contributed by atoms with Gasteiger partial charge in [0.2, 0.25) is 0 Å². The molecule has 0 aliphatic heterocycles. The lowest BCUT2D eigenvalue weighted by Crippen LogP contribution is -2.08. The van der Waals surface area contributed by atoms with Gasteiger partial charge < -0.3 is 5.11 Å². The predicted octanol–water partition coefficient (Wildman–Crippen LogP) is 3.30. The summed E-state index contributed by atoms with van der Waals surface area (Å²) in [6, 6.07) is 14.1. The summed E-state index contributed by atoms with van der Waals surface area (Å²) < 4.78 is 0. The molecule has 0 aliphatic carbocycles. The number of aromatic hydroxyl groups is 1. The molecule has 0 heterocycles. The van der Waals surface area contributed by atoms with E-state index in [1.54, 1.807) is 48.5 Å². The van der Waals surface area contributed by atoms with E-state index < -0.39 is 5.03 Å². The van der Waals surface area contributed by atoms with Crippen LogP contribution in [0.5, 0.6) is 5.75 Å². The zero-order chi connectivity index (χ0) is 13.4. The van der Waals surface area contributed by atoms with Crippen molar-refractivity contribution in [2.24, 2.45) is 0 Å². The lowest BCUT2D eigenvalue weighted by Gasteiger charge is -2.10. The summed E-state index contributed by atoms with van der Waals surface area (Å²) in [6.07, 6.45) is 0. The molecule has 3 rings (SSSR count). The van der Waals surface area contributed by atoms with Gasteiger partial charge in [0.15, 0.2) is 5.03 Å². The van der Waals surface area contributed by atoms with Crippen LogP contribution >= 0.6 is 0 Å². The summed E-state index contributed by atoms with van der Waals surface area (Å²) in [5, 5.41) is 22.9. The molecular weight excluding hydrogens is 244 g/mol. The number of nitrogens with one attached hydrogen (secondary N) is 1. The second-order valence-electron chi connectivity index (χ2n) is 4.18. The fraction of sp³-hybridized carbons (Fsp3) is 0. The van der Waals surface area contributed by atoms with E-state index in [1.165, 1.54) is 0 Å². The number of hydrazine groups is 1. The Labute approximate surface area is 108 Å². The van der Waals surface area contributed by atoms with Crippen LogP contribution in [0.3, 0.4) is 0 Å². The Morgan fingerprint density at radius 2 is 1.32 bits per heavy atom. The van der Waals surface area contributed by atoms with Gasteiger partial charge in [-0.1, -0.05) is 48.5 Å². The van der Waals surface area contributed by atoms with Crippen LogP contribution in [0, 0.1) is 10.1 Å². The Balaban J connectivity index is 2.52. The molecule has 2 N–H and O–H groups in total. The molecule has 0 atom stereocenters. The van der Waals surface area contributed by atoms with Crippen molar-refractivity contribution in [2.45, 2.75) is 0 Å². The van der Waals surface area contributed by atoms with Gasteiger partial charge in [0.25, 0.3) is 0 Å². The fourth-order valence-electron chi connectivity index (χ4n) is 2.32. The maximum atomic E-state index is 10.8. The zero-order valence-electron chi connectivity index (χ0n) is 9.83. The van der Waals surface area contributed by atoms with Crippen LogP contribution in [0.1, 0.15) is 0 Å². The molecule has 5 nitrogen and oxygen atoms in total. The molecule has 0 saturated heterocycles. The van der Waals surface area contributed by atoms with E-state index in [1.807, 2.05) is 0 Å². The highest BCUT2D eigenvalue weighted by atomic mass is 16.7. The number of fused-ring (bicyclic) bond motifs is 2. The molecular formula is C14H10N2O3. The Bertz CT molecular complexity index is 742. The number of nitrogens with zero attached hydrogens (tertiary/aromatic N) is 1. The number of phenols is 1. The Hall–Kier alpha value is -2.82. The maximum Gasteiger partial charge on any atom is 0.162 e. The standard InChI is InChI=1S/C14H10N2O3/c17-14-11-7-3-1-5-9(11)13(15-16(18)19)10-6-2-4-8-12(10)14/h1-8,15,17H. The van der Waals surface area contributed by atoms with Gasteiger partial charge in [-0.2, -0.15) is 0 Å². The minimum absolute atomic E-state index is 0.139. The van der Waals surface area contributed by atoms with Crippen LogP contribution in [0.4, 0.5) is 5.69 Å². The van der Waals surface area contributed by atoms with E-state index in [0.717, 1.165) is 0 Å². The molecule has 94 valence electrons. The molecule has 0 unspecified atom stereocenters. The Morgan fingerprint density at radius 1 is 0.895 bits per heavy atom. The summed E-state index contributed by atoms with van der Waals surface area (Å²) in [4.78, 5) is 10.8. The number of hydrogen-bond donors (Lipinski definition) is 2. The first kappa shape index (κ1) is 11.3. The van der Waals surface area contributed by atoms with Crippen molar-refractivity contribution in [1.82, 2.24) is 0 Å². The highest BCUT2D eigenvalue weighted by Gasteiger charge is 2.15. The normalized spacial score (nSPS) is 10.7. The SMILES string of the molecule is O=[N+]([O-])Nc1c2ccccc2c(O)c2ccccc12. The first-order chi connectivity index (χ1) is 9.18. The summed E-state index contributed by atoms with van der Waals surface area (Å²) >= 11 is 0. The number of nitro groups is 1. The van der Waals surface area contributed by atoms with Crippen LogP contribution in [0.15, 0.2) is 48.5 Å². The second-order valence-corrected chi connectivity index (χ2v) is 4.18. The minimum Gasteiger partial charge on any atom is -0.507 e. The third kappa shape index (κ3) is 1.72. The number of benzene rings is 3. The maximum absolute atomic E-state index is 10.8. The van der Waals surface area contributed by atoms with Gasteiger partial charge in [-0.05, 0) is 0 Å². The number of rotatable bonds is 2. The molecule has 0 bridgehead atoms. The molecule has 0 spiro atoms. The molecule has 0 saturated carbocycles. The average molecular weight is 254 g/mol. The lowest BCUT2D eigenvalue weighted by molar-refractivity contribution is -0.445. The van der Waals surface area contributed by atoms with Crippen molar-refractivity contribution in [2.75, 3.05) is 5.43 Å². The van der Waals surface area contributed by atoms with Crippen molar-refractivity contribution in [3.8, 4) is 5.75 Å². The van der Waals surface area contributed by atoms with Gasteiger partial charge in [-0.25, -0.2) is 10.1 Å². The van der Waals surface area contributed by atoms with Crippen LogP contribution in [-0.2, 0) is 0 Å². The third-order valence-electron chi connectivity index (χ3n) is 3.11. The smallest absolute Gasteiger partial charge is 0.162 e. The van der Waals surface area contributed by atoms with Crippen molar-refractivity contribution < 1.29 is 10.1 Å². The zero-order valence-corrected chi connectivity index (χ0v) is 9.83. The molecule has 0 fully saturated rings. The Morgan fingerprint density at radius 3 is 1.74 bits per heavy atom. The second kappa shape index (κ2) is 4.13. The quantitative estimate of drug-likeness (QED) is 0.318. The van der Waals surface area contributed by atoms with E-state index in [9.17, 15) is 15.2 Å². The summed E-state index contributed by atoms with van der Waals surface area (Å²) in [5.41, 5.74) is 2.63. The van der Waals surface area contributed by atoms with Crippen LogP contribution in [-0.4, -0.2) is 10.1 Å². The van der Waals surface area contributed by atoms with E-state index in [4.69, 9.17) is 0 Å². The first-order valence-corrected chi connectivity index (χ1v) is 5.72. The van der Waals surface area contributed by atoms with E-state index in [-0.39, 0.29) is 5.75 Å². The molecule has 0 aromatic heterocycles. The molecule has 3 aromatic carbocycles. The lowest BCUT2D eigenvalue weighted by atomic mass is 10.00. The number of phenolic OH excluding ortho intramolecular Hbond substituents is 1. The fourth-order valence-corrected chi connectivity index (χ4v) is 2.32. The van der Waals surface area contributed by atoms with Gasteiger partial charge in [-0.15, -0.1) is 5.43 Å². The summed E-state index contributed by atoms with van der Waals surface area (Å²) in [5.74, 6) is 0.139. The molecule has 0 amide bonds. The highest BCUT2D eigenvalue weighted by molar-refractivity contribution is 6.15. The van der Waals surface area contributed by atoms with Crippen molar-refractivity contribution in [1.29, 1.82) is 0 Å². The average Bonchev–Trinajstić information content (AvgIpc) is 2.43.